The predicted octanol–water partition coefficient (Wildman–Crippen LogP) is 9.00. The lowest BCUT2D eigenvalue weighted by molar-refractivity contribution is -0.144. The summed E-state index contributed by atoms with van der Waals surface area (Å²) < 4.78 is 21.8. The van der Waals surface area contributed by atoms with Crippen molar-refractivity contribution in [1.29, 1.82) is 0 Å². The monoisotopic (exact) mass is 842 g/mol. The van der Waals surface area contributed by atoms with Crippen molar-refractivity contribution in [2.75, 3.05) is 57.6 Å². The second-order valence-electron chi connectivity index (χ2n) is 15.0. The van der Waals surface area contributed by atoms with Crippen LogP contribution in [-0.2, 0) is 19.1 Å². The number of nitrogens with one attached hydrogen (secondary N) is 3. The average molecular weight is 844 g/mol. The molecule has 0 radical (unpaired) electrons. The Morgan fingerprint density at radius 3 is 1.63 bits per heavy atom. The molecule has 0 spiro atoms. The van der Waals surface area contributed by atoms with Gasteiger partial charge in [0.05, 0.1) is 47.7 Å². The predicted molar refractivity (Wildman–Crippen MR) is 234 cm³/mol. The van der Waals surface area contributed by atoms with Crippen molar-refractivity contribution < 1.29 is 33.3 Å². The van der Waals surface area contributed by atoms with E-state index in [9.17, 15) is 14.4 Å². The van der Waals surface area contributed by atoms with Gasteiger partial charge in [-0.15, -0.1) is 0 Å². The van der Waals surface area contributed by atoms with Gasteiger partial charge < -0.3 is 39.8 Å². The number of alkyl carbamates (subject to hydrolysis) is 1. The average Bonchev–Trinajstić information content (AvgIpc) is 3.19. The fourth-order valence-corrected chi connectivity index (χ4v) is 7.10. The summed E-state index contributed by atoms with van der Waals surface area (Å²) in [7, 11) is 3.23. The Bertz CT molecular complexity index is 2370. The first-order chi connectivity index (χ1) is 28.2. The summed E-state index contributed by atoms with van der Waals surface area (Å²) >= 11 is 12.7. The molecule has 0 fully saturated rings. The third-order valence-electron chi connectivity index (χ3n) is 9.45. The highest BCUT2D eigenvalue weighted by Crippen LogP contribution is 2.36. The molecule has 1 atom stereocenters. The standard InChI is InChI=1S/C44H48Cl2N6O7/c1-26(53)58-25-39(51-43(55)59-44(2,3)4)42(54)52(19-7-17-47-40-31-13-9-27(45)21-37(31)49-35-15-11-29(56-5)23-33(35)40)20-8-18-48-41-32-14-10-28(46)22-38(32)50-36-16-12-30(57-6)24-34(36)41/h9-16,21-24,39H,7-8,17-20,25H2,1-6H3,(H,47,49)(H,48,50)(H,51,55)/t39-/m0/s1. The summed E-state index contributed by atoms with van der Waals surface area (Å²) in [6.45, 7) is 7.63. The maximum atomic E-state index is 14.3. The Labute approximate surface area is 352 Å². The fourth-order valence-electron chi connectivity index (χ4n) is 6.77. The molecule has 6 rings (SSSR count). The first-order valence-corrected chi connectivity index (χ1v) is 20.0. The topological polar surface area (TPSA) is 153 Å². The second-order valence-corrected chi connectivity index (χ2v) is 15.8. The molecule has 0 aliphatic rings. The van der Waals surface area contributed by atoms with Crippen molar-refractivity contribution >= 4 is 96.2 Å². The molecule has 0 saturated heterocycles. The van der Waals surface area contributed by atoms with Crippen LogP contribution >= 0.6 is 23.2 Å². The number of rotatable bonds is 16. The SMILES string of the molecule is COc1ccc2nc3cc(Cl)ccc3c(NCCCN(CCCNc3c4ccc(Cl)cc4nc4ccc(OC)cc34)C(=O)[C@H](COC(C)=O)NC(=O)OC(C)(C)C)c2c1. The largest absolute Gasteiger partial charge is 0.497 e. The van der Waals surface area contributed by atoms with Crippen molar-refractivity contribution in [3.8, 4) is 11.5 Å². The highest BCUT2D eigenvalue weighted by Gasteiger charge is 2.29. The van der Waals surface area contributed by atoms with E-state index in [4.69, 9.17) is 52.1 Å². The number of carbonyl (C=O) groups is 3. The van der Waals surface area contributed by atoms with Gasteiger partial charge in [-0.2, -0.15) is 0 Å². The van der Waals surface area contributed by atoms with E-state index < -0.39 is 29.6 Å². The van der Waals surface area contributed by atoms with E-state index >= 15 is 0 Å². The lowest BCUT2D eigenvalue weighted by Gasteiger charge is -2.29. The van der Waals surface area contributed by atoms with E-state index in [1.165, 1.54) is 6.92 Å². The zero-order chi connectivity index (χ0) is 42.3. The number of aromatic nitrogens is 2. The van der Waals surface area contributed by atoms with Gasteiger partial charge in [0, 0.05) is 64.7 Å². The number of benzene rings is 4. The minimum atomic E-state index is -1.19. The molecule has 310 valence electrons. The Hall–Kier alpha value is -5.79. The summed E-state index contributed by atoms with van der Waals surface area (Å²) in [6, 6.07) is 21.3. The first-order valence-electron chi connectivity index (χ1n) is 19.3. The molecule has 2 amide bonds. The van der Waals surface area contributed by atoms with Crippen molar-refractivity contribution in [3.05, 3.63) is 82.8 Å². The van der Waals surface area contributed by atoms with Crippen molar-refractivity contribution in [3.63, 3.8) is 0 Å². The van der Waals surface area contributed by atoms with Crippen LogP contribution in [0, 0.1) is 0 Å². The number of fused-ring (bicyclic) bond motifs is 4. The number of methoxy groups -OCH3 is 2. The number of halogens is 2. The van der Waals surface area contributed by atoms with Crippen molar-refractivity contribution in [2.45, 2.75) is 52.2 Å². The van der Waals surface area contributed by atoms with Crippen LogP contribution in [0.2, 0.25) is 10.0 Å². The number of nitrogens with zero attached hydrogens (tertiary/aromatic N) is 3. The summed E-state index contributed by atoms with van der Waals surface area (Å²) in [5, 5.41) is 14.5. The number of esters is 1. The van der Waals surface area contributed by atoms with Crippen LogP contribution in [-0.4, -0.2) is 91.5 Å². The van der Waals surface area contributed by atoms with E-state index in [2.05, 4.69) is 16.0 Å². The third-order valence-corrected chi connectivity index (χ3v) is 9.92. The van der Waals surface area contributed by atoms with Gasteiger partial charge in [-0.3, -0.25) is 9.59 Å². The molecule has 0 saturated carbocycles. The lowest BCUT2D eigenvalue weighted by atomic mass is 10.1. The van der Waals surface area contributed by atoms with E-state index in [1.807, 2.05) is 72.8 Å². The molecular formula is C44H48Cl2N6O7. The fraction of sp³-hybridized carbons (Fsp3) is 0.341. The molecule has 13 nitrogen and oxygen atoms in total. The first kappa shape index (κ1) is 42.8. The van der Waals surface area contributed by atoms with Gasteiger partial charge in [-0.25, -0.2) is 14.8 Å². The molecule has 3 N–H and O–H groups in total. The maximum absolute atomic E-state index is 14.3. The Balaban J connectivity index is 1.24. The minimum absolute atomic E-state index is 0.311. The van der Waals surface area contributed by atoms with Gasteiger partial charge in [0.25, 0.3) is 0 Å². The molecule has 59 heavy (non-hydrogen) atoms. The molecular weight excluding hydrogens is 795 g/mol. The van der Waals surface area contributed by atoms with Crippen LogP contribution in [0.1, 0.15) is 40.5 Å². The zero-order valence-electron chi connectivity index (χ0n) is 33.9. The Morgan fingerprint density at radius 2 is 1.19 bits per heavy atom. The smallest absolute Gasteiger partial charge is 0.408 e. The highest BCUT2D eigenvalue weighted by atomic mass is 35.5. The molecule has 0 aliphatic carbocycles. The molecule has 2 heterocycles. The second kappa shape index (κ2) is 18.9. The zero-order valence-corrected chi connectivity index (χ0v) is 35.4. The van der Waals surface area contributed by atoms with Gasteiger partial charge >= 0.3 is 12.1 Å². The molecule has 6 aromatic rings. The van der Waals surface area contributed by atoms with Crippen LogP contribution in [0.5, 0.6) is 11.5 Å². The molecule has 4 aromatic carbocycles. The summed E-state index contributed by atoms with van der Waals surface area (Å²) in [5.74, 6) is 0.370. The van der Waals surface area contributed by atoms with E-state index in [0.717, 1.165) is 55.0 Å². The highest BCUT2D eigenvalue weighted by molar-refractivity contribution is 6.32. The van der Waals surface area contributed by atoms with Crippen LogP contribution < -0.4 is 25.4 Å². The van der Waals surface area contributed by atoms with Crippen LogP contribution in [0.25, 0.3) is 43.6 Å². The van der Waals surface area contributed by atoms with Gasteiger partial charge in [-0.1, -0.05) is 23.2 Å². The normalized spacial score (nSPS) is 12.0. The van der Waals surface area contributed by atoms with Gasteiger partial charge in [-0.05, 0) is 106 Å². The van der Waals surface area contributed by atoms with Crippen LogP contribution in [0.3, 0.4) is 0 Å². The third kappa shape index (κ3) is 10.8. The summed E-state index contributed by atoms with van der Waals surface area (Å²) in [6.07, 6.45) is 0.245. The Morgan fingerprint density at radius 1 is 0.695 bits per heavy atom. The quantitative estimate of drug-likeness (QED) is 0.0486. The lowest BCUT2D eigenvalue weighted by Crippen LogP contribution is -2.52. The molecule has 0 aliphatic heterocycles. The summed E-state index contributed by atoms with van der Waals surface area (Å²) in [4.78, 5) is 50.5. The Kier molecular flexibility index (Phi) is 13.7. The van der Waals surface area contributed by atoms with Crippen molar-refractivity contribution in [2.24, 2.45) is 0 Å². The number of anilines is 2. The maximum Gasteiger partial charge on any atom is 0.408 e. The van der Waals surface area contributed by atoms with Crippen molar-refractivity contribution in [1.82, 2.24) is 20.2 Å². The van der Waals surface area contributed by atoms with Gasteiger partial charge in [0.1, 0.15) is 29.7 Å². The number of amides is 2. The number of hydrogen-bond acceptors (Lipinski definition) is 11. The van der Waals surface area contributed by atoms with Gasteiger partial charge in [0.2, 0.25) is 5.91 Å². The van der Waals surface area contributed by atoms with E-state index in [0.29, 0.717) is 60.6 Å². The van der Waals surface area contributed by atoms with Crippen LogP contribution in [0.4, 0.5) is 16.2 Å². The molecule has 15 heteroatoms. The number of ether oxygens (including phenoxy) is 4. The minimum Gasteiger partial charge on any atom is -0.497 e. The molecule has 0 unspecified atom stereocenters. The molecule has 2 aromatic heterocycles. The van der Waals surface area contributed by atoms with E-state index in [1.54, 1.807) is 39.9 Å². The summed E-state index contributed by atoms with van der Waals surface area (Å²) in [5.41, 5.74) is 3.91. The number of pyridine rings is 2. The number of carbonyl (C=O) groups excluding carboxylic acids is 3. The van der Waals surface area contributed by atoms with Gasteiger partial charge in [0.15, 0.2) is 0 Å². The number of hydrogen-bond donors (Lipinski definition) is 3. The molecule has 0 bridgehead atoms. The van der Waals surface area contributed by atoms with E-state index in [-0.39, 0.29) is 6.61 Å². The van der Waals surface area contributed by atoms with Crippen LogP contribution in [0.15, 0.2) is 72.8 Å².